The highest BCUT2D eigenvalue weighted by Gasteiger charge is 2.31. The van der Waals surface area contributed by atoms with Crippen molar-refractivity contribution in [3.8, 4) is 22.7 Å². The maximum Gasteiger partial charge on any atom is 0.287 e. The molecule has 0 spiro atoms. The number of para-hydroxylation sites is 1. The van der Waals surface area contributed by atoms with Gasteiger partial charge in [-0.2, -0.15) is 5.10 Å². The molecule has 5 rings (SSSR count). The van der Waals surface area contributed by atoms with E-state index in [4.69, 9.17) is 33.0 Å². The number of fused-ring (bicyclic) bond motifs is 1. The molecule has 1 atom stereocenters. The summed E-state index contributed by atoms with van der Waals surface area (Å²) in [5.74, 6) is 0.572. The monoisotopic (exact) mass is 467 g/mol. The number of carbonyl (C=O) groups excluding carboxylic acids is 1. The van der Waals surface area contributed by atoms with Crippen molar-refractivity contribution < 1.29 is 9.53 Å². The van der Waals surface area contributed by atoms with Crippen molar-refractivity contribution in [1.29, 1.82) is 0 Å². The van der Waals surface area contributed by atoms with Gasteiger partial charge in [0.05, 0.1) is 23.4 Å². The molecule has 1 amide bonds. The second-order valence-electron chi connectivity index (χ2n) is 7.39. The van der Waals surface area contributed by atoms with Crippen LogP contribution in [-0.2, 0) is 0 Å². The summed E-state index contributed by atoms with van der Waals surface area (Å²) in [4.78, 5) is 19.6. The first-order chi connectivity index (χ1) is 15.6. The fourth-order valence-electron chi connectivity index (χ4n) is 3.80. The van der Waals surface area contributed by atoms with E-state index in [-0.39, 0.29) is 17.8 Å². The van der Waals surface area contributed by atoms with Crippen LogP contribution in [0, 0.1) is 0 Å². The van der Waals surface area contributed by atoms with Crippen molar-refractivity contribution in [3.63, 3.8) is 0 Å². The molecule has 0 bridgehead atoms. The van der Waals surface area contributed by atoms with Crippen LogP contribution in [0.5, 0.6) is 5.75 Å². The lowest BCUT2D eigenvalue weighted by atomic mass is 10.1. The highest BCUT2D eigenvalue weighted by atomic mass is 35.5. The first-order valence-electron chi connectivity index (χ1n) is 10.2. The predicted octanol–water partition coefficient (Wildman–Crippen LogP) is 5.21. The van der Waals surface area contributed by atoms with Gasteiger partial charge in [-0.1, -0.05) is 47.5 Å². The molecule has 1 aliphatic heterocycles. The summed E-state index contributed by atoms with van der Waals surface area (Å²) < 4.78 is 7.95. The Balaban J connectivity index is 1.66. The Morgan fingerprint density at radius 3 is 2.72 bits per heavy atom. The van der Waals surface area contributed by atoms with E-state index in [9.17, 15) is 4.79 Å². The molecule has 3 heterocycles. The molecule has 9 heteroatoms. The number of benzene rings is 2. The molecule has 0 saturated heterocycles. The molecule has 32 heavy (non-hydrogen) atoms. The number of hydrogen-bond acceptors (Lipinski definition) is 4. The molecular weight excluding hydrogens is 449 g/mol. The van der Waals surface area contributed by atoms with Gasteiger partial charge in [0, 0.05) is 23.0 Å². The number of aromatic amines is 1. The normalized spacial score (nSPS) is 15.5. The number of ether oxygens (including phenoxy) is 1. The number of nitrogens with zero attached hydrogens (tertiary/aromatic N) is 3. The van der Waals surface area contributed by atoms with Crippen LogP contribution in [0.25, 0.3) is 16.9 Å². The minimum Gasteiger partial charge on any atom is -0.489 e. The third-order valence-corrected chi connectivity index (χ3v) is 5.87. The maximum absolute atomic E-state index is 12.7. The Kier molecular flexibility index (Phi) is 5.59. The van der Waals surface area contributed by atoms with Crippen molar-refractivity contribution in [2.75, 3.05) is 6.61 Å². The third kappa shape index (κ3) is 3.85. The lowest BCUT2D eigenvalue weighted by molar-refractivity contribution is 0.0924. The molecule has 1 aliphatic rings. The molecule has 0 aliphatic carbocycles. The Hall–Kier alpha value is -3.29. The highest BCUT2D eigenvalue weighted by molar-refractivity contribution is 6.32. The molecule has 2 aromatic carbocycles. The van der Waals surface area contributed by atoms with E-state index in [0.717, 1.165) is 17.7 Å². The van der Waals surface area contributed by atoms with Gasteiger partial charge in [0.25, 0.3) is 5.91 Å². The van der Waals surface area contributed by atoms with Gasteiger partial charge in [-0.3, -0.25) is 4.79 Å². The number of rotatable bonds is 4. The molecule has 2 N–H and O–H groups in total. The van der Waals surface area contributed by atoms with Gasteiger partial charge in [-0.15, -0.1) is 0 Å². The van der Waals surface area contributed by atoms with E-state index in [2.05, 4.69) is 15.3 Å². The van der Waals surface area contributed by atoms with Crippen LogP contribution in [0.2, 0.25) is 10.0 Å². The van der Waals surface area contributed by atoms with E-state index < -0.39 is 0 Å². The molecule has 0 saturated carbocycles. The number of halogens is 2. The fraction of sp³-hybridized carbons (Fsp3) is 0.174. The van der Waals surface area contributed by atoms with Crippen molar-refractivity contribution in [2.24, 2.45) is 0 Å². The van der Waals surface area contributed by atoms with Crippen LogP contribution in [0.15, 0.2) is 60.9 Å². The molecular formula is C23H19Cl2N5O2. The zero-order chi connectivity index (χ0) is 22.1. The van der Waals surface area contributed by atoms with Gasteiger partial charge in [0.2, 0.25) is 0 Å². The smallest absolute Gasteiger partial charge is 0.287 e. The number of nitrogens with one attached hydrogen (secondary N) is 2. The second kappa shape index (κ2) is 8.68. The van der Waals surface area contributed by atoms with E-state index in [1.807, 2.05) is 48.5 Å². The molecule has 7 nitrogen and oxygen atoms in total. The minimum atomic E-state index is -0.347. The SMILES string of the molecule is O=C(NC1CCCOc2c1nn(-c1ccccc1Cl)c2-c1ccc(Cl)cc1)c1ncc[nH]1. The van der Waals surface area contributed by atoms with E-state index in [0.29, 0.717) is 40.2 Å². The quantitative estimate of drug-likeness (QED) is 0.431. The Bertz CT molecular complexity index is 1250. The standard InChI is InChI=1S/C23H19Cl2N5O2/c24-15-9-7-14(8-10-15)20-21-19(29-30(20)18-6-2-1-4-16(18)25)17(5-3-13-32-21)28-23(31)22-26-11-12-27-22/h1-2,4,6-12,17H,3,5,13H2,(H,26,27)(H,28,31). The lowest BCUT2D eigenvalue weighted by Gasteiger charge is -2.14. The summed E-state index contributed by atoms with van der Waals surface area (Å²) in [5.41, 5.74) is 2.99. The molecule has 4 aromatic rings. The summed E-state index contributed by atoms with van der Waals surface area (Å²) in [5, 5.41) is 9.11. The van der Waals surface area contributed by atoms with E-state index in [1.165, 1.54) is 0 Å². The van der Waals surface area contributed by atoms with Crippen molar-refractivity contribution in [3.05, 3.63) is 82.5 Å². The molecule has 0 fully saturated rings. The summed E-state index contributed by atoms with van der Waals surface area (Å²) >= 11 is 12.6. The average Bonchev–Trinajstić information content (AvgIpc) is 3.42. The van der Waals surface area contributed by atoms with Gasteiger partial charge < -0.3 is 15.0 Å². The van der Waals surface area contributed by atoms with Gasteiger partial charge in [0.15, 0.2) is 11.6 Å². The molecule has 162 valence electrons. The van der Waals surface area contributed by atoms with Crippen LogP contribution in [0.3, 0.4) is 0 Å². The zero-order valence-corrected chi connectivity index (χ0v) is 18.4. The van der Waals surface area contributed by atoms with Gasteiger partial charge in [-0.25, -0.2) is 9.67 Å². The Labute approximate surface area is 194 Å². The van der Waals surface area contributed by atoms with Gasteiger partial charge in [0.1, 0.15) is 11.4 Å². The average molecular weight is 468 g/mol. The number of H-pyrrole nitrogens is 1. The van der Waals surface area contributed by atoms with E-state index >= 15 is 0 Å². The van der Waals surface area contributed by atoms with Gasteiger partial charge >= 0.3 is 0 Å². The maximum atomic E-state index is 12.7. The zero-order valence-electron chi connectivity index (χ0n) is 16.9. The molecule has 0 radical (unpaired) electrons. The highest BCUT2D eigenvalue weighted by Crippen LogP contribution is 2.42. The van der Waals surface area contributed by atoms with Crippen LogP contribution in [0.4, 0.5) is 0 Å². The number of carbonyl (C=O) groups is 1. The number of aromatic nitrogens is 4. The van der Waals surface area contributed by atoms with Crippen molar-refractivity contribution in [1.82, 2.24) is 25.1 Å². The predicted molar refractivity (Wildman–Crippen MR) is 123 cm³/mol. The number of imidazole rings is 1. The molecule has 2 aromatic heterocycles. The summed E-state index contributed by atoms with van der Waals surface area (Å²) in [6.07, 6.45) is 4.60. The van der Waals surface area contributed by atoms with Crippen LogP contribution in [0.1, 0.15) is 35.2 Å². The van der Waals surface area contributed by atoms with Crippen LogP contribution in [-0.4, -0.2) is 32.3 Å². The summed E-state index contributed by atoms with van der Waals surface area (Å²) in [6.45, 7) is 0.509. The van der Waals surface area contributed by atoms with Crippen LogP contribution >= 0.6 is 23.2 Å². The second-order valence-corrected chi connectivity index (χ2v) is 8.23. The number of hydrogen-bond donors (Lipinski definition) is 2. The topological polar surface area (TPSA) is 84.8 Å². The first-order valence-corrected chi connectivity index (χ1v) is 10.9. The lowest BCUT2D eigenvalue weighted by Crippen LogP contribution is -2.29. The largest absolute Gasteiger partial charge is 0.489 e. The summed E-state index contributed by atoms with van der Waals surface area (Å²) in [6, 6.07) is 14.6. The van der Waals surface area contributed by atoms with E-state index in [1.54, 1.807) is 17.1 Å². The summed E-state index contributed by atoms with van der Waals surface area (Å²) in [7, 11) is 0. The minimum absolute atomic E-state index is 0.250. The first kappa shape index (κ1) is 20.6. The van der Waals surface area contributed by atoms with Crippen LogP contribution < -0.4 is 10.1 Å². The fourth-order valence-corrected chi connectivity index (χ4v) is 4.15. The van der Waals surface area contributed by atoms with Gasteiger partial charge in [-0.05, 0) is 37.1 Å². The number of amides is 1. The van der Waals surface area contributed by atoms with Crippen molar-refractivity contribution >= 4 is 29.1 Å². The Morgan fingerprint density at radius 2 is 1.97 bits per heavy atom. The third-order valence-electron chi connectivity index (χ3n) is 5.30. The molecule has 1 unspecified atom stereocenters. The Morgan fingerprint density at radius 1 is 1.16 bits per heavy atom. The van der Waals surface area contributed by atoms with Crippen molar-refractivity contribution in [2.45, 2.75) is 18.9 Å².